The first-order chi connectivity index (χ1) is 6.20. The molecular weight excluding hydrogens is 247 g/mol. The van der Waals surface area contributed by atoms with Gasteiger partial charge in [0.15, 0.2) is 0 Å². The molecule has 0 fully saturated rings. The molecule has 2 heteroatoms. The fourth-order valence-electron chi connectivity index (χ4n) is 1.40. The number of halogens is 2. The maximum absolute atomic E-state index is 6.20. The Morgan fingerprint density at radius 3 is 2.69 bits per heavy atom. The predicted octanol–water partition coefficient (Wildman–Crippen LogP) is 4.56. The summed E-state index contributed by atoms with van der Waals surface area (Å²) in [5, 5.41) is 3.11. The van der Waals surface area contributed by atoms with Gasteiger partial charge in [-0.3, -0.25) is 0 Å². The van der Waals surface area contributed by atoms with Crippen LogP contribution < -0.4 is 0 Å². The number of benzene rings is 2. The van der Waals surface area contributed by atoms with Gasteiger partial charge >= 0.3 is 0 Å². The number of hydrogen-bond acceptors (Lipinski definition) is 0. The van der Waals surface area contributed by atoms with Gasteiger partial charge in [0.1, 0.15) is 0 Å². The van der Waals surface area contributed by atoms with Crippen molar-refractivity contribution in [1.82, 2.24) is 0 Å². The van der Waals surface area contributed by atoms with Crippen molar-refractivity contribution >= 4 is 38.3 Å². The Bertz CT molecular complexity index is 463. The topological polar surface area (TPSA) is 0 Å². The molecule has 2 aromatic rings. The van der Waals surface area contributed by atoms with Crippen LogP contribution in [0.4, 0.5) is 0 Å². The first-order valence-corrected chi connectivity index (χ1v) is 5.20. The molecule has 0 bridgehead atoms. The van der Waals surface area contributed by atoms with Crippen molar-refractivity contribution in [3.05, 3.63) is 45.4 Å². The van der Waals surface area contributed by atoms with E-state index < -0.39 is 0 Å². The highest BCUT2D eigenvalue weighted by molar-refractivity contribution is 9.10. The normalized spacial score (nSPS) is 10.7. The van der Waals surface area contributed by atoms with E-state index in [0.717, 1.165) is 20.4 Å². The lowest BCUT2D eigenvalue weighted by molar-refractivity contribution is 1.50. The maximum Gasteiger partial charge on any atom is 0.0524 e. The minimum Gasteiger partial charge on any atom is -0.0833 e. The van der Waals surface area contributed by atoms with Gasteiger partial charge in [-0.2, -0.15) is 0 Å². The van der Waals surface area contributed by atoms with Crippen molar-refractivity contribution in [2.24, 2.45) is 0 Å². The van der Waals surface area contributed by atoms with Gasteiger partial charge in [0.05, 0.1) is 5.02 Å². The van der Waals surface area contributed by atoms with Crippen LogP contribution >= 0.6 is 27.5 Å². The van der Waals surface area contributed by atoms with Crippen LogP contribution in [0.1, 0.15) is 5.56 Å². The van der Waals surface area contributed by atoms with Crippen LogP contribution in [0.15, 0.2) is 34.8 Å². The minimum absolute atomic E-state index is 0.838. The zero-order valence-electron chi connectivity index (χ0n) is 7.14. The summed E-state index contributed by atoms with van der Waals surface area (Å²) in [6.45, 7) is 2.02. The van der Waals surface area contributed by atoms with E-state index in [9.17, 15) is 0 Å². The van der Waals surface area contributed by atoms with Crippen molar-refractivity contribution < 1.29 is 0 Å². The molecule has 0 saturated carbocycles. The molecule has 13 heavy (non-hydrogen) atoms. The van der Waals surface area contributed by atoms with E-state index in [4.69, 9.17) is 11.6 Å². The average molecular weight is 256 g/mol. The molecule has 0 atom stereocenters. The Morgan fingerprint density at radius 2 is 1.92 bits per heavy atom. The summed E-state index contributed by atoms with van der Waals surface area (Å²) in [5.41, 5.74) is 1.11. The number of rotatable bonds is 0. The highest BCUT2D eigenvalue weighted by Crippen LogP contribution is 2.32. The summed E-state index contributed by atoms with van der Waals surface area (Å²) in [6.07, 6.45) is 0. The maximum atomic E-state index is 6.20. The molecule has 0 aliphatic carbocycles. The largest absolute Gasteiger partial charge is 0.0833 e. The Kier molecular flexibility index (Phi) is 2.31. The molecule has 0 N–H and O–H groups in total. The van der Waals surface area contributed by atoms with Crippen LogP contribution in [0, 0.1) is 6.92 Å². The molecule has 0 aliphatic rings. The predicted molar refractivity (Wildman–Crippen MR) is 61.4 cm³/mol. The molecule has 0 radical (unpaired) electrons. The van der Waals surface area contributed by atoms with E-state index in [2.05, 4.69) is 28.1 Å². The number of fused-ring (bicyclic) bond motifs is 1. The van der Waals surface area contributed by atoms with E-state index in [-0.39, 0.29) is 0 Å². The Hall–Kier alpha value is -0.530. The molecule has 2 aromatic carbocycles. The third-order valence-electron chi connectivity index (χ3n) is 2.12. The third kappa shape index (κ3) is 1.47. The first kappa shape index (κ1) is 9.04. The lowest BCUT2D eigenvalue weighted by Crippen LogP contribution is -1.80. The molecule has 0 aliphatic heterocycles. The average Bonchev–Trinajstić information content (AvgIpc) is 2.12. The lowest BCUT2D eigenvalue weighted by atomic mass is 10.1. The Morgan fingerprint density at radius 1 is 1.15 bits per heavy atom. The van der Waals surface area contributed by atoms with E-state index in [1.165, 1.54) is 5.39 Å². The molecule has 0 amide bonds. The fourth-order valence-corrected chi connectivity index (χ4v) is 2.36. The summed E-state index contributed by atoms with van der Waals surface area (Å²) in [6, 6.07) is 10.2. The van der Waals surface area contributed by atoms with Gasteiger partial charge in [0.2, 0.25) is 0 Å². The molecule has 0 unspecified atom stereocenters. The second kappa shape index (κ2) is 3.32. The molecule has 0 aromatic heterocycles. The van der Waals surface area contributed by atoms with Crippen molar-refractivity contribution in [2.45, 2.75) is 6.92 Å². The lowest BCUT2D eigenvalue weighted by Gasteiger charge is -2.05. The highest BCUT2D eigenvalue weighted by atomic mass is 79.9. The van der Waals surface area contributed by atoms with Crippen molar-refractivity contribution in [2.75, 3.05) is 0 Å². The van der Waals surface area contributed by atoms with Crippen LogP contribution in [-0.4, -0.2) is 0 Å². The molecule has 66 valence electrons. The molecule has 0 heterocycles. The molecule has 2 rings (SSSR count). The van der Waals surface area contributed by atoms with Gasteiger partial charge in [-0.25, -0.2) is 0 Å². The highest BCUT2D eigenvalue weighted by Gasteiger charge is 2.04. The van der Waals surface area contributed by atoms with Crippen LogP contribution in [-0.2, 0) is 0 Å². The summed E-state index contributed by atoms with van der Waals surface area (Å²) in [5.74, 6) is 0. The van der Waals surface area contributed by atoms with Gasteiger partial charge in [-0.1, -0.05) is 51.8 Å². The SMILES string of the molecule is Cc1ccc2cccc(Br)c2c1Cl. The van der Waals surface area contributed by atoms with Crippen LogP contribution in [0.5, 0.6) is 0 Å². The van der Waals surface area contributed by atoms with Gasteiger partial charge in [-0.15, -0.1) is 0 Å². The second-order valence-corrected chi connectivity index (χ2v) is 4.27. The summed E-state index contributed by atoms with van der Waals surface area (Å²) < 4.78 is 1.05. The molecular formula is C11H8BrCl. The summed E-state index contributed by atoms with van der Waals surface area (Å²) in [7, 11) is 0. The molecule has 0 spiro atoms. The van der Waals surface area contributed by atoms with Gasteiger partial charge in [0, 0.05) is 9.86 Å². The van der Waals surface area contributed by atoms with Crippen LogP contribution in [0.2, 0.25) is 5.02 Å². The van der Waals surface area contributed by atoms with E-state index in [1.54, 1.807) is 0 Å². The molecule has 0 saturated heterocycles. The summed E-state index contributed by atoms with van der Waals surface area (Å²) in [4.78, 5) is 0. The smallest absolute Gasteiger partial charge is 0.0524 e. The van der Waals surface area contributed by atoms with E-state index in [1.807, 2.05) is 25.1 Å². The zero-order valence-corrected chi connectivity index (χ0v) is 9.48. The Labute approximate surface area is 90.6 Å². The van der Waals surface area contributed by atoms with Gasteiger partial charge < -0.3 is 0 Å². The van der Waals surface area contributed by atoms with E-state index in [0.29, 0.717) is 0 Å². The monoisotopic (exact) mass is 254 g/mol. The quantitative estimate of drug-likeness (QED) is 0.647. The van der Waals surface area contributed by atoms with E-state index >= 15 is 0 Å². The third-order valence-corrected chi connectivity index (χ3v) is 3.27. The first-order valence-electron chi connectivity index (χ1n) is 4.03. The fraction of sp³-hybridized carbons (Fsp3) is 0.0909. The van der Waals surface area contributed by atoms with Crippen molar-refractivity contribution in [3.63, 3.8) is 0 Å². The van der Waals surface area contributed by atoms with Crippen molar-refractivity contribution in [3.8, 4) is 0 Å². The Balaban J connectivity index is 2.97. The van der Waals surface area contributed by atoms with Crippen molar-refractivity contribution in [1.29, 1.82) is 0 Å². The van der Waals surface area contributed by atoms with Gasteiger partial charge in [-0.05, 0) is 23.9 Å². The van der Waals surface area contributed by atoms with Crippen LogP contribution in [0.25, 0.3) is 10.8 Å². The number of hydrogen-bond donors (Lipinski definition) is 0. The number of aryl methyl sites for hydroxylation is 1. The van der Waals surface area contributed by atoms with Crippen LogP contribution in [0.3, 0.4) is 0 Å². The standard InChI is InChI=1S/C11H8BrCl/c1-7-5-6-8-3-2-4-9(12)10(8)11(7)13/h2-6H,1H3. The molecule has 0 nitrogen and oxygen atoms in total. The zero-order chi connectivity index (χ0) is 9.42. The van der Waals surface area contributed by atoms with Gasteiger partial charge in [0.25, 0.3) is 0 Å². The summed E-state index contributed by atoms with van der Waals surface area (Å²) >= 11 is 9.70. The minimum atomic E-state index is 0.838. The second-order valence-electron chi connectivity index (χ2n) is 3.03.